The molecule has 0 spiro atoms. The van der Waals surface area contributed by atoms with Crippen molar-refractivity contribution < 1.29 is 17.9 Å². The van der Waals surface area contributed by atoms with Crippen molar-refractivity contribution in [1.82, 2.24) is 23.8 Å². The maximum Gasteiger partial charge on any atom is 0.330 e. The van der Waals surface area contributed by atoms with Crippen LogP contribution in [0, 0.1) is 20.8 Å². The van der Waals surface area contributed by atoms with Crippen LogP contribution in [0.15, 0.2) is 57.7 Å². The van der Waals surface area contributed by atoms with Crippen LogP contribution in [-0.2, 0) is 29.5 Å². The summed E-state index contributed by atoms with van der Waals surface area (Å²) in [6.07, 6.45) is 3.16. The number of methoxy groups -OCH3 is 1. The number of aromatic nitrogens is 4. The lowest BCUT2D eigenvalue weighted by molar-refractivity contribution is 0.310. The Morgan fingerprint density at radius 2 is 1.85 bits per heavy atom. The first kappa shape index (κ1) is 28.4. The van der Waals surface area contributed by atoms with E-state index in [0.717, 1.165) is 33.5 Å². The maximum absolute atomic E-state index is 14.0. The molecule has 0 saturated heterocycles. The van der Waals surface area contributed by atoms with Gasteiger partial charge in [-0.15, -0.1) is 0 Å². The highest BCUT2D eigenvalue weighted by atomic mass is 32.2. The quantitative estimate of drug-likeness (QED) is 0.314. The topological polar surface area (TPSA) is 133 Å². The molecule has 1 aliphatic rings. The number of aromatic amines is 1. The largest absolute Gasteiger partial charge is 0.493 e. The van der Waals surface area contributed by atoms with Crippen molar-refractivity contribution in [3.8, 4) is 22.8 Å². The third-order valence-electron chi connectivity index (χ3n) is 7.12. The zero-order chi connectivity index (χ0) is 29.3. The molecule has 0 saturated carbocycles. The van der Waals surface area contributed by atoms with E-state index in [-0.39, 0.29) is 23.8 Å². The van der Waals surface area contributed by atoms with Gasteiger partial charge in [0.2, 0.25) is 0 Å². The average Bonchev–Trinajstić information content (AvgIpc) is 3.48. The average molecular weight is 579 g/mol. The number of ether oxygens (including phenoxy) is 2. The predicted octanol–water partition coefficient (Wildman–Crippen LogP) is 3.14. The molecule has 2 aromatic carbocycles. The number of nitrogens with one attached hydrogen (secondary N) is 2. The third-order valence-corrected chi connectivity index (χ3v) is 8.50. The molecular weight excluding hydrogens is 544 g/mol. The van der Waals surface area contributed by atoms with E-state index < -0.39 is 10.0 Å². The first-order valence-electron chi connectivity index (χ1n) is 13.4. The molecule has 11 nitrogen and oxygen atoms in total. The molecule has 2 N–H and O–H groups in total. The van der Waals surface area contributed by atoms with Gasteiger partial charge in [0, 0.05) is 31.3 Å². The van der Waals surface area contributed by atoms with Crippen LogP contribution in [0.3, 0.4) is 0 Å². The van der Waals surface area contributed by atoms with E-state index in [1.807, 2.05) is 45.9 Å². The van der Waals surface area contributed by atoms with Crippen LogP contribution in [-0.4, -0.2) is 47.8 Å². The number of H-pyrrole nitrogens is 1. The lowest BCUT2D eigenvalue weighted by atomic mass is 9.97. The number of fused-ring (bicyclic) bond motifs is 3. The molecule has 0 fully saturated rings. The molecule has 0 bridgehead atoms. The number of aryl methyl sites for hydroxylation is 4. The fraction of sp³-hybridized carbons (Fsp3) is 0.345. The highest BCUT2D eigenvalue weighted by molar-refractivity contribution is 7.89. The second-order valence-electron chi connectivity index (χ2n) is 9.99. The lowest BCUT2D eigenvalue weighted by Gasteiger charge is -2.25. The number of benzene rings is 2. The second-order valence-corrected chi connectivity index (χ2v) is 11.7. The molecule has 12 heteroatoms. The normalized spacial score (nSPS) is 13.1. The van der Waals surface area contributed by atoms with Gasteiger partial charge in [0.15, 0.2) is 16.5 Å². The minimum absolute atomic E-state index is 0.0168. The highest BCUT2D eigenvalue weighted by Crippen LogP contribution is 2.37. The van der Waals surface area contributed by atoms with Gasteiger partial charge < -0.3 is 14.5 Å². The van der Waals surface area contributed by atoms with E-state index >= 15 is 0 Å². The van der Waals surface area contributed by atoms with Crippen molar-refractivity contribution in [3.63, 3.8) is 0 Å². The number of rotatable bonds is 9. The minimum atomic E-state index is -3.81. The van der Waals surface area contributed by atoms with Crippen molar-refractivity contribution in [2.24, 2.45) is 4.99 Å². The molecule has 2 aromatic heterocycles. The summed E-state index contributed by atoms with van der Waals surface area (Å²) in [6, 6.07) is 9.87. The number of hydrogen-bond donors (Lipinski definition) is 2. The Morgan fingerprint density at radius 1 is 1.10 bits per heavy atom. The Balaban J connectivity index is 1.66. The summed E-state index contributed by atoms with van der Waals surface area (Å²) in [5, 5.41) is -0.0440. The molecule has 0 radical (unpaired) electrons. The zero-order valence-electron chi connectivity index (χ0n) is 23.8. The molecule has 3 heterocycles. The van der Waals surface area contributed by atoms with Crippen molar-refractivity contribution in [2.45, 2.75) is 52.2 Å². The van der Waals surface area contributed by atoms with Gasteiger partial charge in [0.1, 0.15) is 5.49 Å². The Labute approximate surface area is 238 Å². The standard InChI is InChI=1S/C29H34N6O5S/c1-6-40-25-13-21-7-9-34-23(22(21)14-24(25)39-5)15-26(33-28-19(3)11-18(2)12-20(28)4)35(29(34)36)10-8-32-41(37,38)27-16-30-17-31-27/h11-17,32H,6-10H2,1-5H3,(H,30,31). The fourth-order valence-corrected chi connectivity index (χ4v) is 6.22. The molecule has 4 aromatic rings. The summed E-state index contributed by atoms with van der Waals surface area (Å²) in [6.45, 7) is 8.96. The van der Waals surface area contributed by atoms with Crippen LogP contribution < -0.4 is 25.4 Å². The van der Waals surface area contributed by atoms with Gasteiger partial charge >= 0.3 is 5.69 Å². The van der Waals surface area contributed by atoms with Gasteiger partial charge in [-0.3, -0.25) is 9.13 Å². The van der Waals surface area contributed by atoms with E-state index in [2.05, 4.69) is 26.8 Å². The van der Waals surface area contributed by atoms with Crippen molar-refractivity contribution in [2.75, 3.05) is 20.3 Å². The Morgan fingerprint density at radius 3 is 2.51 bits per heavy atom. The van der Waals surface area contributed by atoms with Gasteiger partial charge in [-0.05, 0) is 62.9 Å². The SMILES string of the molecule is CCOc1cc2c(cc1OC)-c1cc(=Nc3c(C)cc(C)cc3C)n(CCNS(=O)(=O)c3cnc[nH]3)c(=O)n1CC2. The van der Waals surface area contributed by atoms with Gasteiger partial charge in [0.25, 0.3) is 10.0 Å². The summed E-state index contributed by atoms with van der Waals surface area (Å²) >= 11 is 0. The van der Waals surface area contributed by atoms with E-state index in [0.29, 0.717) is 42.3 Å². The smallest absolute Gasteiger partial charge is 0.330 e. The van der Waals surface area contributed by atoms with Crippen LogP contribution in [0.25, 0.3) is 11.3 Å². The molecule has 41 heavy (non-hydrogen) atoms. The van der Waals surface area contributed by atoms with E-state index in [4.69, 9.17) is 14.5 Å². The first-order chi connectivity index (χ1) is 19.6. The molecule has 1 aliphatic heterocycles. The lowest BCUT2D eigenvalue weighted by Crippen LogP contribution is -2.44. The predicted molar refractivity (Wildman–Crippen MR) is 155 cm³/mol. The summed E-state index contributed by atoms with van der Waals surface area (Å²) in [4.78, 5) is 25.3. The van der Waals surface area contributed by atoms with Crippen LogP contribution >= 0.6 is 0 Å². The minimum Gasteiger partial charge on any atom is -0.493 e. The Kier molecular flexibility index (Phi) is 7.87. The summed E-state index contributed by atoms with van der Waals surface area (Å²) < 4.78 is 42.5. The van der Waals surface area contributed by atoms with Gasteiger partial charge in [-0.25, -0.2) is 27.9 Å². The number of imidazole rings is 1. The molecule has 0 unspecified atom stereocenters. The van der Waals surface area contributed by atoms with Crippen LogP contribution in [0.5, 0.6) is 11.5 Å². The Hall–Kier alpha value is -4.16. The maximum atomic E-state index is 14.0. The van der Waals surface area contributed by atoms with Gasteiger partial charge in [0.05, 0.1) is 37.6 Å². The molecule has 0 amide bonds. The second kappa shape index (κ2) is 11.4. The van der Waals surface area contributed by atoms with Crippen molar-refractivity contribution >= 4 is 15.7 Å². The molecule has 0 aliphatic carbocycles. The van der Waals surface area contributed by atoms with Crippen molar-refractivity contribution in [1.29, 1.82) is 0 Å². The zero-order valence-corrected chi connectivity index (χ0v) is 24.6. The van der Waals surface area contributed by atoms with Gasteiger partial charge in [-0.1, -0.05) is 17.7 Å². The summed E-state index contributed by atoms with van der Waals surface area (Å²) in [5.74, 6) is 1.25. The van der Waals surface area contributed by atoms with E-state index in [1.54, 1.807) is 11.7 Å². The van der Waals surface area contributed by atoms with Crippen molar-refractivity contribution in [3.05, 3.63) is 81.1 Å². The third kappa shape index (κ3) is 5.57. The first-order valence-corrected chi connectivity index (χ1v) is 14.9. The van der Waals surface area contributed by atoms with Crippen LogP contribution in [0.1, 0.15) is 29.2 Å². The highest BCUT2D eigenvalue weighted by Gasteiger charge is 2.23. The molecule has 216 valence electrons. The molecule has 0 atom stereocenters. The van der Waals surface area contributed by atoms with Crippen LogP contribution in [0.2, 0.25) is 0 Å². The monoisotopic (exact) mass is 578 g/mol. The van der Waals surface area contributed by atoms with E-state index in [1.165, 1.54) is 17.1 Å². The number of sulfonamides is 1. The summed E-state index contributed by atoms with van der Waals surface area (Å²) in [5.41, 5.74) is 6.64. The Bertz CT molecular complexity index is 1820. The summed E-state index contributed by atoms with van der Waals surface area (Å²) in [7, 11) is -2.22. The molecule has 5 rings (SSSR count). The fourth-order valence-electron chi connectivity index (χ4n) is 5.30. The molecular formula is C29H34N6O5S. The van der Waals surface area contributed by atoms with E-state index in [9.17, 15) is 13.2 Å². The number of nitrogens with zero attached hydrogens (tertiary/aromatic N) is 4. The number of hydrogen-bond acceptors (Lipinski definition) is 7. The van der Waals surface area contributed by atoms with Crippen LogP contribution in [0.4, 0.5) is 5.69 Å². The van der Waals surface area contributed by atoms with Gasteiger partial charge in [-0.2, -0.15) is 0 Å².